The number of nitrogens with one attached hydrogen (secondary N) is 1. The van der Waals surface area contributed by atoms with E-state index in [-0.39, 0.29) is 10.7 Å². The highest BCUT2D eigenvalue weighted by Gasteiger charge is 2.24. The molecule has 0 saturated heterocycles. The van der Waals surface area contributed by atoms with E-state index in [4.69, 9.17) is 21.9 Å². The highest BCUT2D eigenvalue weighted by Crippen LogP contribution is 2.35. The first kappa shape index (κ1) is 27.4. The number of aryl methyl sites for hydroxylation is 3. The Kier molecular flexibility index (Phi) is 7.94. The van der Waals surface area contributed by atoms with Crippen molar-refractivity contribution in [2.75, 3.05) is 4.72 Å². The lowest BCUT2D eigenvalue weighted by molar-refractivity contribution is 0.0990. The predicted molar refractivity (Wildman–Crippen MR) is 147 cm³/mol. The van der Waals surface area contributed by atoms with Crippen LogP contribution in [0.25, 0.3) is 11.1 Å². The van der Waals surface area contributed by atoms with E-state index in [2.05, 4.69) is 14.9 Å². The van der Waals surface area contributed by atoms with Gasteiger partial charge in [-0.3, -0.25) is 9.52 Å². The number of carbonyl (C=O) groups excluding carboxylic acids is 1. The third kappa shape index (κ3) is 5.32. The summed E-state index contributed by atoms with van der Waals surface area (Å²) in [5, 5.41) is 4.18. The van der Waals surface area contributed by atoms with Crippen molar-refractivity contribution >= 4 is 33.3 Å². The van der Waals surface area contributed by atoms with Crippen LogP contribution in [0.4, 0.5) is 5.82 Å². The smallest absolute Gasteiger partial charge is 0.267 e. The van der Waals surface area contributed by atoms with Crippen LogP contribution in [0.5, 0.6) is 0 Å². The number of hydrogen-bond acceptors (Lipinski definition) is 6. The number of imidazole rings is 1. The summed E-state index contributed by atoms with van der Waals surface area (Å²) in [5.41, 5.74) is 9.20. The van der Waals surface area contributed by atoms with Crippen LogP contribution in [0, 0.1) is 13.8 Å². The molecule has 0 aliphatic heterocycles. The molecule has 0 aliphatic carbocycles. The SMILES string of the molecule is CCCc1nc(CC)c(C(N)=O)n1Cc1ccc(-c2ccccc2S(=O)(=O)Nc2noc(C)c2C)c(Cl)c1. The Morgan fingerprint density at radius 1 is 1.13 bits per heavy atom. The summed E-state index contributed by atoms with van der Waals surface area (Å²) < 4.78 is 36.1. The average molecular weight is 556 g/mol. The number of rotatable bonds is 10. The fraction of sp³-hybridized carbons (Fsp3) is 0.296. The van der Waals surface area contributed by atoms with E-state index in [0.29, 0.717) is 58.2 Å². The molecule has 2 aromatic carbocycles. The van der Waals surface area contributed by atoms with Crippen LogP contribution in [0.1, 0.15) is 59.2 Å². The van der Waals surface area contributed by atoms with E-state index in [1.807, 2.05) is 24.5 Å². The van der Waals surface area contributed by atoms with Gasteiger partial charge in [0.25, 0.3) is 15.9 Å². The van der Waals surface area contributed by atoms with Crippen LogP contribution in [0.3, 0.4) is 0 Å². The molecule has 4 aromatic rings. The van der Waals surface area contributed by atoms with Gasteiger partial charge in [-0.15, -0.1) is 0 Å². The van der Waals surface area contributed by atoms with Crippen molar-refractivity contribution < 1.29 is 17.7 Å². The Bertz CT molecular complexity index is 1610. The van der Waals surface area contributed by atoms with Gasteiger partial charge in [-0.2, -0.15) is 0 Å². The number of nitrogens with zero attached hydrogens (tertiary/aromatic N) is 3. The third-order valence-electron chi connectivity index (χ3n) is 6.39. The Morgan fingerprint density at radius 3 is 2.47 bits per heavy atom. The van der Waals surface area contributed by atoms with Gasteiger partial charge in [0.2, 0.25) is 0 Å². The maximum Gasteiger partial charge on any atom is 0.267 e. The minimum atomic E-state index is -4.00. The zero-order valence-electron chi connectivity index (χ0n) is 21.7. The zero-order chi connectivity index (χ0) is 27.6. The number of carbonyl (C=O) groups is 1. The van der Waals surface area contributed by atoms with Gasteiger partial charge >= 0.3 is 0 Å². The van der Waals surface area contributed by atoms with Crippen molar-refractivity contribution in [3.63, 3.8) is 0 Å². The molecule has 0 radical (unpaired) electrons. The van der Waals surface area contributed by atoms with Gasteiger partial charge in [0.05, 0.1) is 10.6 Å². The molecule has 9 nitrogen and oxygen atoms in total. The van der Waals surface area contributed by atoms with Crippen LogP contribution in [0.2, 0.25) is 5.02 Å². The molecule has 3 N–H and O–H groups in total. The lowest BCUT2D eigenvalue weighted by Gasteiger charge is -2.15. The average Bonchev–Trinajstić information content (AvgIpc) is 3.38. The first-order valence-electron chi connectivity index (χ1n) is 12.3. The van der Waals surface area contributed by atoms with Crippen molar-refractivity contribution in [2.45, 2.75) is 58.4 Å². The minimum absolute atomic E-state index is 0.0538. The van der Waals surface area contributed by atoms with E-state index < -0.39 is 15.9 Å². The summed E-state index contributed by atoms with van der Waals surface area (Å²) in [4.78, 5) is 17.0. The van der Waals surface area contributed by atoms with E-state index >= 15 is 0 Å². The van der Waals surface area contributed by atoms with Gasteiger partial charge in [-0.1, -0.05) is 60.9 Å². The number of sulfonamides is 1. The van der Waals surface area contributed by atoms with Gasteiger partial charge in [-0.25, -0.2) is 13.4 Å². The first-order valence-corrected chi connectivity index (χ1v) is 14.1. The molecule has 0 unspecified atom stereocenters. The molecule has 200 valence electrons. The van der Waals surface area contributed by atoms with Crippen molar-refractivity contribution in [3.8, 4) is 11.1 Å². The second-order valence-electron chi connectivity index (χ2n) is 9.01. The molecule has 4 rings (SSSR count). The molecule has 2 aromatic heterocycles. The van der Waals surface area contributed by atoms with E-state index in [1.165, 1.54) is 6.07 Å². The highest BCUT2D eigenvalue weighted by molar-refractivity contribution is 7.92. The van der Waals surface area contributed by atoms with E-state index in [0.717, 1.165) is 17.8 Å². The monoisotopic (exact) mass is 555 g/mol. The summed E-state index contributed by atoms with van der Waals surface area (Å²) in [7, 11) is -4.00. The number of hydrogen-bond donors (Lipinski definition) is 2. The number of primary amides is 1. The maximum absolute atomic E-state index is 13.3. The fourth-order valence-electron chi connectivity index (χ4n) is 4.34. The second kappa shape index (κ2) is 11.0. The third-order valence-corrected chi connectivity index (χ3v) is 8.10. The molecule has 0 fully saturated rings. The first-order chi connectivity index (χ1) is 18.1. The molecule has 0 spiro atoms. The van der Waals surface area contributed by atoms with E-state index in [1.54, 1.807) is 44.2 Å². The second-order valence-corrected chi connectivity index (χ2v) is 11.1. The molecular weight excluding hydrogens is 526 g/mol. The largest absolute Gasteiger partial charge is 0.364 e. The van der Waals surface area contributed by atoms with Crippen molar-refractivity contribution in [3.05, 3.63) is 81.6 Å². The molecule has 0 saturated carbocycles. The molecule has 0 aliphatic rings. The lowest BCUT2D eigenvalue weighted by Crippen LogP contribution is -2.20. The van der Waals surface area contributed by atoms with Gasteiger partial charge < -0.3 is 14.8 Å². The number of nitrogens with two attached hydrogens (primary N) is 1. The summed E-state index contributed by atoms with van der Waals surface area (Å²) >= 11 is 6.72. The van der Waals surface area contributed by atoms with E-state index in [9.17, 15) is 13.2 Å². The Hall–Kier alpha value is -3.63. The van der Waals surface area contributed by atoms with Gasteiger partial charge in [0, 0.05) is 34.7 Å². The molecule has 0 bridgehead atoms. The lowest BCUT2D eigenvalue weighted by atomic mass is 10.0. The van der Waals surface area contributed by atoms with Crippen molar-refractivity contribution in [2.24, 2.45) is 5.73 Å². The van der Waals surface area contributed by atoms with Crippen LogP contribution >= 0.6 is 11.6 Å². The van der Waals surface area contributed by atoms with Crippen LogP contribution in [-0.2, 0) is 29.4 Å². The van der Waals surface area contributed by atoms with Gasteiger partial charge in [-0.05, 0) is 44.4 Å². The van der Waals surface area contributed by atoms with Crippen LogP contribution in [-0.4, -0.2) is 29.0 Å². The molecule has 2 heterocycles. The molecule has 1 amide bonds. The number of benzene rings is 2. The zero-order valence-corrected chi connectivity index (χ0v) is 23.3. The number of amides is 1. The number of halogens is 1. The summed E-state index contributed by atoms with van der Waals surface area (Å²) in [6.45, 7) is 7.77. The summed E-state index contributed by atoms with van der Waals surface area (Å²) in [6.07, 6.45) is 2.16. The molecule has 0 atom stereocenters. The van der Waals surface area contributed by atoms with Crippen LogP contribution < -0.4 is 10.5 Å². The van der Waals surface area contributed by atoms with Gasteiger partial charge in [0.1, 0.15) is 17.3 Å². The summed E-state index contributed by atoms with van der Waals surface area (Å²) in [5.74, 6) is 0.932. The molecular formula is C27H30ClN5O4S. The molecule has 38 heavy (non-hydrogen) atoms. The standard InChI is InChI=1S/C27H30ClN5O4S/c1-5-9-24-30-22(6-2)25(26(29)34)33(24)15-18-12-13-19(21(28)14-18)20-10-7-8-11-23(20)38(35,36)32-27-16(3)17(4)37-31-27/h7-8,10-14H,5-6,9,15H2,1-4H3,(H2,29,34)(H,31,32). The molecule has 11 heteroatoms. The minimum Gasteiger partial charge on any atom is -0.364 e. The van der Waals surface area contributed by atoms with Crippen LogP contribution in [0.15, 0.2) is 51.9 Å². The Labute approximate surface area is 227 Å². The normalized spacial score (nSPS) is 11.6. The van der Waals surface area contributed by atoms with Gasteiger partial charge in [0.15, 0.2) is 5.82 Å². The maximum atomic E-state index is 13.3. The quantitative estimate of drug-likeness (QED) is 0.274. The topological polar surface area (TPSA) is 133 Å². The summed E-state index contributed by atoms with van der Waals surface area (Å²) in [6, 6.07) is 12.0. The fourth-order valence-corrected chi connectivity index (χ4v) is 5.92. The Balaban J connectivity index is 1.71. The number of aromatic nitrogens is 3. The van der Waals surface area contributed by atoms with Crippen molar-refractivity contribution in [1.82, 2.24) is 14.7 Å². The highest BCUT2D eigenvalue weighted by atomic mass is 35.5. The van der Waals surface area contributed by atoms with Crippen molar-refractivity contribution in [1.29, 1.82) is 0 Å². The Morgan fingerprint density at radius 2 is 1.87 bits per heavy atom. The number of anilines is 1. The predicted octanol–water partition coefficient (Wildman–Crippen LogP) is 5.27.